The van der Waals surface area contributed by atoms with Gasteiger partial charge in [0.15, 0.2) is 0 Å². The van der Waals surface area contributed by atoms with Crippen LogP contribution in [-0.4, -0.2) is 25.8 Å². The molecule has 0 radical (unpaired) electrons. The van der Waals surface area contributed by atoms with Crippen LogP contribution in [0.25, 0.3) is 0 Å². The molecule has 0 aromatic heterocycles. The third kappa shape index (κ3) is 2.82. The van der Waals surface area contributed by atoms with E-state index in [-0.39, 0.29) is 0 Å². The quantitative estimate of drug-likeness (QED) is 0.669. The molecule has 0 aromatic carbocycles. The van der Waals surface area contributed by atoms with Crippen LogP contribution >= 0.6 is 0 Å². The molecule has 1 heterocycles. The molecule has 1 N–H and O–H groups in total. The van der Waals surface area contributed by atoms with Gasteiger partial charge < -0.3 is 10.1 Å². The Morgan fingerprint density at radius 1 is 1.38 bits per heavy atom. The van der Waals surface area contributed by atoms with Gasteiger partial charge in [-0.2, -0.15) is 0 Å². The highest BCUT2D eigenvalue weighted by atomic mass is 16.5. The van der Waals surface area contributed by atoms with E-state index in [0.717, 1.165) is 19.1 Å². The fraction of sp³-hybridized carbons (Fsp3) is 0.818. The smallest absolute Gasteiger partial charge is 0.0756 e. The summed E-state index contributed by atoms with van der Waals surface area (Å²) >= 11 is 0. The zero-order valence-electron chi connectivity index (χ0n) is 8.17. The van der Waals surface area contributed by atoms with Crippen LogP contribution in [0.1, 0.15) is 25.7 Å². The van der Waals surface area contributed by atoms with E-state index in [4.69, 9.17) is 4.74 Å². The van der Waals surface area contributed by atoms with Crippen LogP contribution in [0.3, 0.4) is 0 Å². The molecule has 0 bridgehead atoms. The summed E-state index contributed by atoms with van der Waals surface area (Å²) < 4.78 is 5.84. The molecule has 1 fully saturated rings. The molecule has 2 aliphatic rings. The van der Waals surface area contributed by atoms with E-state index < -0.39 is 0 Å². The molecule has 13 heavy (non-hydrogen) atoms. The molecular formula is C11H19NO. The van der Waals surface area contributed by atoms with Crippen LogP contribution in [0.2, 0.25) is 0 Å². The van der Waals surface area contributed by atoms with Crippen LogP contribution in [0.4, 0.5) is 0 Å². The lowest BCUT2D eigenvalue weighted by Crippen LogP contribution is -2.19. The first-order valence-corrected chi connectivity index (χ1v) is 5.44. The van der Waals surface area contributed by atoms with Crippen molar-refractivity contribution in [1.29, 1.82) is 0 Å². The van der Waals surface area contributed by atoms with Gasteiger partial charge in [-0.1, -0.05) is 12.2 Å². The van der Waals surface area contributed by atoms with Crippen molar-refractivity contribution in [2.75, 3.05) is 19.7 Å². The van der Waals surface area contributed by atoms with E-state index >= 15 is 0 Å². The topological polar surface area (TPSA) is 21.3 Å². The van der Waals surface area contributed by atoms with Crippen LogP contribution in [-0.2, 0) is 4.74 Å². The molecule has 2 heteroatoms. The summed E-state index contributed by atoms with van der Waals surface area (Å²) in [5, 5.41) is 3.36. The van der Waals surface area contributed by atoms with Crippen LogP contribution in [0.5, 0.6) is 0 Å². The molecule has 2 nitrogen and oxygen atoms in total. The standard InChI is InChI=1S/C11H19NO/c1-2-4-11(5-3-1)13-9-10-6-7-12-8-10/h2,4,10-12H,1,3,5-9H2. The fourth-order valence-corrected chi connectivity index (χ4v) is 2.04. The van der Waals surface area contributed by atoms with Gasteiger partial charge in [-0.25, -0.2) is 0 Å². The predicted molar refractivity (Wildman–Crippen MR) is 53.7 cm³/mol. The average Bonchev–Trinajstić information content (AvgIpc) is 2.69. The molecule has 0 saturated carbocycles. The fourth-order valence-electron chi connectivity index (χ4n) is 2.04. The number of hydrogen-bond donors (Lipinski definition) is 1. The van der Waals surface area contributed by atoms with Crippen LogP contribution < -0.4 is 5.32 Å². The highest BCUT2D eigenvalue weighted by Gasteiger charge is 2.16. The molecule has 0 aromatic rings. The Bertz CT molecular complexity index is 173. The summed E-state index contributed by atoms with van der Waals surface area (Å²) in [6.45, 7) is 3.27. The molecule has 0 spiro atoms. The van der Waals surface area contributed by atoms with Crippen molar-refractivity contribution in [3.8, 4) is 0 Å². The van der Waals surface area contributed by atoms with Crippen molar-refractivity contribution < 1.29 is 4.74 Å². The Balaban J connectivity index is 1.66. The van der Waals surface area contributed by atoms with Gasteiger partial charge in [0.05, 0.1) is 12.7 Å². The normalized spacial score (nSPS) is 33.8. The van der Waals surface area contributed by atoms with Gasteiger partial charge >= 0.3 is 0 Å². The lowest BCUT2D eigenvalue weighted by Gasteiger charge is -2.19. The van der Waals surface area contributed by atoms with Crippen molar-refractivity contribution in [2.45, 2.75) is 31.8 Å². The molecule has 2 atom stereocenters. The van der Waals surface area contributed by atoms with Crippen molar-refractivity contribution in [3.05, 3.63) is 12.2 Å². The summed E-state index contributed by atoms with van der Waals surface area (Å²) in [7, 11) is 0. The predicted octanol–water partition coefficient (Wildman–Crippen LogP) is 1.72. The molecule has 1 aliphatic heterocycles. The Morgan fingerprint density at radius 3 is 3.08 bits per heavy atom. The van der Waals surface area contributed by atoms with Crippen LogP contribution in [0.15, 0.2) is 12.2 Å². The summed E-state index contributed by atoms with van der Waals surface area (Å²) in [4.78, 5) is 0. The van der Waals surface area contributed by atoms with E-state index in [0.29, 0.717) is 6.10 Å². The first kappa shape index (κ1) is 9.22. The maximum absolute atomic E-state index is 5.84. The highest BCUT2D eigenvalue weighted by molar-refractivity contribution is 4.94. The molecule has 2 rings (SSSR count). The second-order valence-corrected chi connectivity index (χ2v) is 4.09. The van der Waals surface area contributed by atoms with Gasteiger partial charge in [-0.3, -0.25) is 0 Å². The van der Waals surface area contributed by atoms with Gasteiger partial charge in [0.2, 0.25) is 0 Å². The Morgan fingerprint density at radius 2 is 2.38 bits per heavy atom. The van der Waals surface area contributed by atoms with Gasteiger partial charge in [-0.05, 0) is 38.1 Å². The summed E-state index contributed by atoms with van der Waals surface area (Å²) in [6.07, 6.45) is 9.93. The van der Waals surface area contributed by atoms with E-state index in [1.807, 2.05) is 0 Å². The summed E-state index contributed by atoms with van der Waals surface area (Å²) in [5.41, 5.74) is 0. The first-order valence-electron chi connectivity index (χ1n) is 5.44. The second-order valence-electron chi connectivity index (χ2n) is 4.09. The molecule has 1 saturated heterocycles. The van der Waals surface area contributed by atoms with Gasteiger partial charge in [0, 0.05) is 6.54 Å². The van der Waals surface area contributed by atoms with Crippen molar-refractivity contribution in [2.24, 2.45) is 5.92 Å². The van der Waals surface area contributed by atoms with Crippen molar-refractivity contribution in [3.63, 3.8) is 0 Å². The third-order valence-electron chi connectivity index (χ3n) is 2.92. The Kier molecular flexibility index (Phi) is 3.39. The second kappa shape index (κ2) is 4.77. The van der Waals surface area contributed by atoms with E-state index in [9.17, 15) is 0 Å². The van der Waals surface area contributed by atoms with E-state index in [1.54, 1.807) is 0 Å². The third-order valence-corrected chi connectivity index (χ3v) is 2.92. The Labute approximate surface area is 80.4 Å². The number of allylic oxidation sites excluding steroid dienone is 1. The lowest BCUT2D eigenvalue weighted by atomic mass is 10.1. The largest absolute Gasteiger partial charge is 0.374 e. The summed E-state index contributed by atoms with van der Waals surface area (Å²) in [6, 6.07) is 0. The van der Waals surface area contributed by atoms with Crippen LogP contribution in [0, 0.1) is 5.92 Å². The van der Waals surface area contributed by atoms with Crippen molar-refractivity contribution in [1.82, 2.24) is 5.32 Å². The molecule has 1 aliphatic carbocycles. The highest BCUT2D eigenvalue weighted by Crippen LogP contribution is 2.16. The first-order chi connectivity index (χ1) is 6.45. The number of nitrogens with one attached hydrogen (secondary N) is 1. The maximum atomic E-state index is 5.84. The van der Waals surface area contributed by atoms with E-state index in [2.05, 4.69) is 17.5 Å². The average molecular weight is 181 g/mol. The molecule has 74 valence electrons. The lowest BCUT2D eigenvalue weighted by molar-refractivity contribution is 0.0530. The minimum absolute atomic E-state index is 0.411. The van der Waals surface area contributed by atoms with Gasteiger partial charge in [0.25, 0.3) is 0 Å². The molecular weight excluding hydrogens is 162 g/mol. The molecule has 0 amide bonds. The zero-order valence-corrected chi connectivity index (χ0v) is 8.17. The van der Waals surface area contributed by atoms with Gasteiger partial charge in [0.1, 0.15) is 0 Å². The summed E-state index contributed by atoms with van der Waals surface area (Å²) in [5.74, 6) is 0.760. The Hall–Kier alpha value is -0.340. The van der Waals surface area contributed by atoms with Gasteiger partial charge in [-0.15, -0.1) is 0 Å². The van der Waals surface area contributed by atoms with Crippen molar-refractivity contribution >= 4 is 0 Å². The minimum Gasteiger partial charge on any atom is -0.374 e. The maximum Gasteiger partial charge on any atom is 0.0756 e. The molecule has 2 unspecified atom stereocenters. The number of rotatable bonds is 3. The monoisotopic (exact) mass is 181 g/mol. The SMILES string of the molecule is C1=CC(OCC2CCNC2)CCC1. The number of ether oxygens (including phenoxy) is 1. The number of hydrogen-bond acceptors (Lipinski definition) is 2. The van der Waals surface area contributed by atoms with E-state index in [1.165, 1.54) is 32.2 Å². The zero-order chi connectivity index (χ0) is 8.93. The minimum atomic E-state index is 0.411.